The van der Waals surface area contributed by atoms with Gasteiger partial charge in [0, 0.05) is 24.8 Å². The van der Waals surface area contributed by atoms with E-state index in [4.69, 9.17) is 10.8 Å². The highest BCUT2D eigenvalue weighted by Gasteiger charge is 2.10. The minimum Gasteiger partial charge on any atom is -0.480 e. The molecule has 0 aliphatic rings. The number of aromatic nitrogens is 2. The zero-order chi connectivity index (χ0) is 10.6. The summed E-state index contributed by atoms with van der Waals surface area (Å²) in [5.41, 5.74) is 6.28. The van der Waals surface area contributed by atoms with Crippen LogP contribution in [-0.2, 0) is 17.6 Å². The smallest absolute Gasteiger partial charge is 0.321 e. The molecule has 0 saturated carbocycles. The average molecular weight is 215 g/mol. The van der Waals surface area contributed by atoms with Crippen molar-refractivity contribution in [2.45, 2.75) is 11.8 Å². The summed E-state index contributed by atoms with van der Waals surface area (Å²) in [6, 6.07) is 1.11. The lowest BCUT2D eigenvalue weighted by Gasteiger charge is -2.03. The number of nitrogens with zero attached hydrogens (tertiary/aromatic N) is 2. The summed E-state index contributed by atoms with van der Waals surface area (Å²) in [4.78, 5) is 10.4. The molecule has 1 heterocycles. The van der Waals surface area contributed by atoms with E-state index in [-0.39, 0.29) is 0 Å². The first-order chi connectivity index (χ1) is 6.59. The van der Waals surface area contributed by atoms with Crippen molar-refractivity contribution in [3.8, 4) is 0 Å². The van der Waals surface area contributed by atoms with Gasteiger partial charge in [-0.05, 0) is 6.07 Å². The molecule has 0 saturated heterocycles. The Morgan fingerprint density at radius 3 is 3.07 bits per heavy atom. The van der Waals surface area contributed by atoms with Gasteiger partial charge in [-0.2, -0.15) is 16.9 Å². The molecule has 0 aromatic carbocycles. The molecule has 1 aromatic rings. The highest BCUT2D eigenvalue weighted by Crippen LogP contribution is 2.10. The zero-order valence-electron chi connectivity index (χ0n) is 7.88. The third-order valence-electron chi connectivity index (χ3n) is 1.63. The van der Waals surface area contributed by atoms with Gasteiger partial charge in [-0.1, -0.05) is 0 Å². The van der Waals surface area contributed by atoms with Gasteiger partial charge < -0.3 is 10.8 Å². The molecule has 0 radical (unpaired) electrons. The number of aryl methyl sites for hydroxylation is 1. The van der Waals surface area contributed by atoms with Crippen LogP contribution in [0.2, 0.25) is 0 Å². The van der Waals surface area contributed by atoms with Crippen molar-refractivity contribution in [2.75, 3.05) is 5.75 Å². The van der Waals surface area contributed by atoms with Crippen LogP contribution in [0.3, 0.4) is 0 Å². The highest BCUT2D eigenvalue weighted by atomic mass is 32.2. The molecule has 1 rings (SSSR count). The van der Waals surface area contributed by atoms with Gasteiger partial charge in [0.15, 0.2) is 0 Å². The van der Waals surface area contributed by atoms with Crippen LogP contribution in [0.15, 0.2) is 12.3 Å². The summed E-state index contributed by atoms with van der Waals surface area (Å²) in [5, 5.41) is 12.7. The first-order valence-corrected chi connectivity index (χ1v) is 5.29. The van der Waals surface area contributed by atoms with Crippen molar-refractivity contribution < 1.29 is 9.90 Å². The van der Waals surface area contributed by atoms with Crippen molar-refractivity contribution in [2.24, 2.45) is 12.8 Å². The molecule has 6 heteroatoms. The van der Waals surface area contributed by atoms with Gasteiger partial charge in [0.1, 0.15) is 6.04 Å². The fourth-order valence-corrected chi connectivity index (χ4v) is 1.78. The van der Waals surface area contributed by atoms with E-state index < -0.39 is 12.0 Å². The van der Waals surface area contributed by atoms with Gasteiger partial charge in [-0.25, -0.2) is 0 Å². The molecular weight excluding hydrogens is 202 g/mol. The van der Waals surface area contributed by atoms with Crippen LogP contribution in [0, 0.1) is 0 Å². The number of hydrogen-bond donors (Lipinski definition) is 2. The predicted octanol–water partition coefficient (Wildman–Crippen LogP) is 0.0652. The lowest BCUT2D eigenvalue weighted by atomic mass is 10.4. The van der Waals surface area contributed by atoms with Crippen LogP contribution < -0.4 is 5.73 Å². The fourth-order valence-electron chi connectivity index (χ4n) is 0.902. The van der Waals surface area contributed by atoms with Crippen molar-refractivity contribution in [1.82, 2.24) is 9.78 Å². The summed E-state index contributed by atoms with van der Waals surface area (Å²) in [5.74, 6) is 0.145. The summed E-state index contributed by atoms with van der Waals surface area (Å²) in [6.07, 6.45) is 1.85. The van der Waals surface area contributed by atoms with Crippen LogP contribution in [-0.4, -0.2) is 32.7 Å². The number of hydrogen-bond acceptors (Lipinski definition) is 4. The number of aliphatic carboxylic acids is 1. The van der Waals surface area contributed by atoms with E-state index in [1.165, 1.54) is 11.8 Å². The second-order valence-corrected chi connectivity index (χ2v) is 3.97. The molecule has 0 amide bonds. The minimum absolute atomic E-state index is 0.409. The maximum absolute atomic E-state index is 10.4. The number of carboxylic acid groups (broad SMARTS) is 1. The van der Waals surface area contributed by atoms with E-state index in [2.05, 4.69) is 5.10 Å². The molecule has 0 bridgehead atoms. The van der Waals surface area contributed by atoms with Crippen molar-refractivity contribution in [1.29, 1.82) is 0 Å². The van der Waals surface area contributed by atoms with Crippen LogP contribution in [0.25, 0.3) is 0 Å². The Morgan fingerprint density at radius 2 is 2.57 bits per heavy atom. The van der Waals surface area contributed by atoms with Gasteiger partial charge >= 0.3 is 5.97 Å². The van der Waals surface area contributed by atoms with E-state index in [9.17, 15) is 4.79 Å². The monoisotopic (exact) mass is 215 g/mol. The Labute approximate surface area is 86.3 Å². The van der Waals surface area contributed by atoms with Crippen molar-refractivity contribution >= 4 is 17.7 Å². The number of rotatable bonds is 5. The van der Waals surface area contributed by atoms with Crippen LogP contribution in [0.1, 0.15) is 5.69 Å². The number of thioether (sulfide) groups is 1. The predicted molar refractivity (Wildman–Crippen MR) is 55.0 cm³/mol. The van der Waals surface area contributed by atoms with Crippen molar-refractivity contribution in [3.05, 3.63) is 18.0 Å². The number of nitrogens with two attached hydrogens (primary N) is 1. The normalized spacial score (nSPS) is 12.7. The number of carbonyl (C=O) groups is 1. The summed E-state index contributed by atoms with van der Waals surface area (Å²) in [6.45, 7) is 0. The third-order valence-corrected chi connectivity index (χ3v) is 2.73. The van der Waals surface area contributed by atoms with E-state index in [1.807, 2.05) is 19.3 Å². The van der Waals surface area contributed by atoms with E-state index in [0.29, 0.717) is 11.5 Å². The molecule has 0 aliphatic heterocycles. The average Bonchev–Trinajstić information content (AvgIpc) is 2.51. The zero-order valence-corrected chi connectivity index (χ0v) is 8.70. The summed E-state index contributed by atoms with van der Waals surface area (Å²) >= 11 is 1.47. The van der Waals surface area contributed by atoms with Gasteiger partial charge in [-0.15, -0.1) is 0 Å². The van der Waals surface area contributed by atoms with E-state index >= 15 is 0 Å². The molecule has 0 spiro atoms. The Balaban J connectivity index is 2.25. The molecule has 0 fully saturated rings. The maximum Gasteiger partial charge on any atom is 0.321 e. The number of carboxylic acids is 1. The lowest BCUT2D eigenvalue weighted by Crippen LogP contribution is -2.32. The van der Waals surface area contributed by atoms with E-state index in [0.717, 1.165) is 5.69 Å². The topological polar surface area (TPSA) is 81.1 Å². The molecule has 14 heavy (non-hydrogen) atoms. The standard InChI is InChI=1S/C8H13N3O2S/c1-11-3-2-6(10-11)4-14-5-7(9)8(12)13/h2-3,7H,4-5,9H2,1H3,(H,12,13)/t7-/m0/s1. The maximum atomic E-state index is 10.4. The first-order valence-electron chi connectivity index (χ1n) is 4.14. The molecular formula is C8H13N3O2S. The van der Waals surface area contributed by atoms with Crippen LogP contribution >= 0.6 is 11.8 Å². The van der Waals surface area contributed by atoms with Crippen LogP contribution in [0.5, 0.6) is 0 Å². The minimum atomic E-state index is -0.960. The third kappa shape index (κ3) is 3.39. The van der Waals surface area contributed by atoms with E-state index in [1.54, 1.807) is 4.68 Å². The molecule has 5 nitrogen and oxygen atoms in total. The van der Waals surface area contributed by atoms with Crippen molar-refractivity contribution in [3.63, 3.8) is 0 Å². The molecule has 3 N–H and O–H groups in total. The summed E-state index contributed by atoms with van der Waals surface area (Å²) < 4.78 is 1.72. The molecule has 1 atom stereocenters. The Bertz CT molecular complexity index is 313. The van der Waals surface area contributed by atoms with Gasteiger partial charge in [0.2, 0.25) is 0 Å². The highest BCUT2D eigenvalue weighted by molar-refractivity contribution is 7.98. The lowest BCUT2D eigenvalue weighted by molar-refractivity contribution is -0.137. The van der Waals surface area contributed by atoms with Gasteiger partial charge in [0.05, 0.1) is 5.69 Å². The summed E-state index contributed by atoms with van der Waals surface area (Å²) in [7, 11) is 1.84. The van der Waals surface area contributed by atoms with Gasteiger partial charge in [-0.3, -0.25) is 9.48 Å². The van der Waals surface area contributed by atoms with Crippen LogP contribution in [0.4, 0.5) is 0 Å². The molecule has 0 aliphatic carbocycles. The largest absolute Gasteiger partial charge is 0.480 e. The SMILES string of the molecule is Cn1ccc(CSC[C@H](N)C(=O)O)n1. The Hall–Kier alpha value is -1.01. The molecule has 0 unspecified atom stereocenters. The quantitative estimate of drug-likeness (QED) is 0.726. The van der Waals surface area contributed by atoms with Gasteiger partial charge in [0.25, 0.3) is 0 Å². The Morgan fingerprint density at radius 1 is 1.86 bits per heavy atom. The Kier molecular flexibility index (Phi) is 3.97. The second-order valence-electron chi connectivity index (χ2n) is 2.94. The first kappa shape index (κ1) is 11.1. The fraction of sp³-hybridized carbons (Fsp3) is 0.500. The molecule has 1 aromatic heterocycles. The second kappa shape index (κ2) is 5.02. The molecule has 78 valence electrons.